The van der Waals surface area contributed by atoms with Crippen molar-refractivity contribution in [3.05, 3.63) is 42.0 Å². The molecule has 1 atom stereocenters. The second-order valence-electron chi connectivity index (χ2n) is 6.63. The number of likely N-dealkylation sites (N-methyl/N-ethyl adjacent to an activating group) is 1. The van der Waals surface area contributed by atoms with E-state index in [4.69, 9.17) is 4.74 Å². The van der Waals surface area contributed by atoms with Crippen LogP contribution in [0.25, 0.3) is 0 Å². The molecule has 0 N–H and O–H groups in total. The lowest BCUT2D eigenvalue weighted by Gasteiger charge is -2.29. The molecule has 3 rings (SSSR count). The number of nitrogens with zero attached hydrogens (tertiary/aromatic N) is 5. The summed E-state index contributed by atoms with van der Waals surface area (Å²) in [4.78, 5) is 20.3. The van der Waals surface area contributed by atoms with Crippen LogP contribution in [0.1, 0.15) is 17.8 Å². The maximum absolute atomic E-state index is 12.2. The zero-order valence-corrected chi connectivity index (χ0v) is 15.1. The molecule has 0 saturated heterocycles. The Morgan fingerprint density at radius 2 is 2.20 bits per heavy atom. The number of pyridine rings is 1. The van der Waals surface area contributed by atoms with Gasteiger partial charge in [0.25, 0.3) is 0 Å². The van der Waals surface area contributed by atoms with Gasteiger partial charge in [0.15, 0.2) is 0 Å². The topological polar surface area (TPSA) is 63.5 Å². The van der Waals surface area contributed by atoms with E-state index in [0.717, 1.165) is 30.1 Å². The lowest BCUT2D eigenvalue weighted by atomic mass is 10.2. The summed E-state index contributed by atoms with van der Waals surface area (Å²) in [5.74, 6) is 0.849. The predicted molar refractivity (Wildman–Crippen MR) is 94.2 cm³/mol. The van der Waals surface area contributed by atoms with E-state index in [1.807, 2.05) is 36.0 Å². The molecule has 7 nitrogen and oxygen atoms in total. The van der Waals surface area contributed by atoms with Crippen molar-refractivity contribution in [1.29, 1.82) is 0 Å². The number of carbonyl (C=O) groups is 1. The number of rotatable bonds is 5. The fraction of sp³-hybridized carbons (Fsp3) is 0.500. The van der Waals surface area contributed by atoms with E-state index in [2.05, 4.69) is 15.0 Å². The molecule has 0 bridgehead atoms. The second-order valence-corrected chi connectivity index (χ2v) is 6.63. The molecule has 2 aromatic heterocycles. The van der Waals surface area contributed by atoms with Gasteiger partial charge in [-0.1, -0.05) is 0 Å². The van der Waals surface area contributed by atoms with E-state index < -0.39 is 0 Å². The zero-order valence-electron chi connectivity index (χ0n) is 15.1. The molecule has 2 aromatic rings. The van der Waals surface area contributed by atoms with Gasteiger partial charge in [-0.3, -0.25) is 19.4 Å². The van der Waals surface area contributed by atoms with Gasteiger partial charge in [0, 0.05) is 45.1 Å². The minimum Gasteiger partial charge on any atom is -0.490 e. The first kappa shape index (κ1) is 17.4. The minimum atomic E-state index is 0.0926. The Morgan fingerprint density at radius 3 is 2.92 bits per heavy atom. The zero-order chi connectivity index (χ0) is 17.8. The SMILES string of the molecule is Cc1ccc(OC[C@@H]2CCn3nccc3CN2CC(=O)N(C)C)cn1. The summed E-state index contributed by atoms with van der Waals surface area (Å²) in [7, 11) is 3.57. The lowest BCUT2D eigenvalue weighted by molar-refractivity contribution is -0.130. The van der Waals surface area contributed by atoms with Crippen molar-refractivity contribution in [3.8, 4) is 5.75 Å². The Balaban J connectivity index is 1.70. The number of hydrogen-bond acceptors (Lipinski definition) is 5. The van der Waals surface area contributed by atoms with Crippen molar-refractivity contribution < 1.29 is 9.53 Å². The van der Waals surface area contributed by atoms with Crippen LogP contribution in [-0.4, -0.2) is 63.8 Å². The molecule has 0 unspecified atom stereocenters. The maximum atomic E-state index is 12.2. The third-order valence-electron chi connectivity index (χ3n) is 4.52. The minimum absolute atomic E-state index is 0.0926. The van der Waals surface area contributed by atoms with Gasteiger partial charge in [0.05, 0.1) is 18.4 Å². The van der Waals surface area contributed by atoms with Gasteiger partial charge in [0.1, 0.15) is 12.4 Å². The van der Waals surface area contributed by atoms with Crippen molar-refractivity contribution in [2.75, 3.05) is 27.2 Å². The highest BCUT2D eigenvalue weighted by molar-refractivity contribution is 5.77. The molecule has 0 fully saturated rings. The molecule has 0 saturated carbocycles. The summed E-state index contributed by atoms with van der Waals surface area (Å²) in [6, 6.07) is 6.03. The van der Waals surface area contributed by atoms with E-state index in [9.17, 15) is 4.79 Å². The van der Waals surface area contributed by atoms with Crippen LogP contribution in [0.5, 0.6) is 5.75 Å². The summed E-state index contributed by atoms with van der Waals surface area (Å²) < 4.78 is 7.96. The summed E-state index contributed by atoms with van der Waals surface area (Å²) in [6.07, 6.45) is 4.44. The van der Waals surface area contributed by atoms with Gasteiger partial charge in [-0.15, -0.1) is 0 Å². The number of aromatic nitrogens is 3. The third kappa shape index (κ3) is 4.36. The smallest absolute Gasteiger partial charge is 0.236 e. The molecule has 1 aliphatic rings. The Hall–Kier alpha value is -2.41. The highest BCUT2D eigenvalue weighted by Gasteiger charge is 2.27. The van der Waals surface area contributed by atoms with Crippen LogP contribution in [0.3, 0.4) is 0 Å². The van der Waals surface area contributed by atoms with Gasteiger partial charge in [-0.05, 0) is 31.5 Å². The molecule has 0 radical (unpaired) electrons. The average Bonchev–Trinajstić information content (AvgIpc) is 2.96. The van der Waals surface area contributed by atoms with Crippen molar-refractivity contribution in [2.24, 2.45) is 0 Å². The van der Waals surface area contributed by atoms with E-state index in [1.165, 1.54) is 0 Å². The highest BCUT2D eigenvalue weighted by atomic mass is 16.5. The fourth-order valence-electron chi connectivity index (χ4n) is 2.91. The standard InChI is InChI=1S/C18H25N5O2/c1-14-4-5-17(10-19-14)25-13-16-7-9-23-15(6-8-20-23)11-22(16)12-18(24)21(2)3/h4-6,8,10,16H,7,9,11-13H2,1-3H3/t16-/m0/s1. The number of amides is 1. The third-order valence-corrected chi connectivity index (χ3v) is 4.52. The molecule has 0 aromatic carbocycles. The van der Waals surface area contributed by atoms with Crippen molar-refractivity contribution in [3.63, 3.8) is 0 Å². The van der Waals surface area contributed by atoms with Crippen LogP contribution in [-0.2, 0) is 17.9 Å². The van der Waals surface area contributed by atoms with Crippen molar-refractivity contribution >= 4 is 5.91 Å². The normalized spacial score (nSPS) is 17.6. The first-order valence-electron chi connectivity index (χ1n) is 8.53. The Bertz CT molecular complexity index is 711. The van der Waals surface area contributed by atoms with Crippen molar-refractivity contribution in [1.82, 2.24) is 24.6 Å². The average molecular weight is 343 g/mol. The summed E-state index contributed by atoms with van der Waals surface area (Å²) in [5.41, 5.74) is 2.09. The Labute approximate surface area is 148 Å². The molecular formula is C18H25N5O2. The molecule has 3 heterocycles. The van der Waals surface area contributed by atoms with E-state index in [0.29, 0.717) is 19.7 Å². The van der Waals surface area contributed by atoms with Crippen LogP contribution in [0.4, 0.5) is 0 Å². The van der Waals surface area contributed by atoms with Gasteiger partial charge in [-0.2, -0.15) is 5.10 Å². The maximum Gasteiger partial charge on any atom is 0.236 e. The summed E-state index contributed by atoms with van der Waals surface area (Å²) in [6.45, 7) is 4.37. The molecule has 134 valence electrons. The van der Waals surface area contributed by atoms with E-state index >= 15 is 0 Å². The van der Waals surface area contributed by atoms with Gasteiger partial charge in [0.2, 0.25) is 5.91 Å². The number of aryl methyl sites for hydroxylation is 2. The number of carbonyl (C=O) groups excluding carboxylic acids is 1. The molecule has 25 heavy (non-hydrogen) atoms. The molecule has 0 aliphatic carbocycles. The van der Waals surface area contributed by atoms with E-state index in [-0.39, 0.29) is 11.9 Å². The van der Waals surface area contributed by atoms with E-state index in [1.54, 1.807) is 25.2 Å². The molecule has 0 spiro atoms. The highest BCUT2D eigenvalue weighted by Crippen LogP contribution is 2.19. The quantitative estimate of drug-likeness (QED) is 0.819. The summed E-state index contributed by atoms with van der Waals surface area (Å²) >= 11 is 0. The number of hydrogen-bond donors (Lipinski definition) is 0. The predicted octanol–water partition coefficient (Wildman–Crippen LogP) is 1.33. The van der Waals surface area contributed by atoms with Crippen LogP contribution < -0.4 is 4.74 Å². The molecule has 1 amide bonds. The number of ether oxygens (including phenoxy) is 1. The first-order chi connectivity index (χ1) is 12.0. The van der Waals surface area contributed by atoms with Crippen molar-refractivity contribution in [2.45, 2.75) is 32.5 Å². The summed E-state index contributed by atoms with van der Waals surface area (Å²) in [5, 5.41) is 4.37. The van der Waals surface area contributed by atoms with Gasteiger partial charge in [-0.25, -0.2) is 0 Å². The number of fused-ring (bicyclic) bond motifs is 1. The Morgan fingerprint density at radius 1 is 1.36 bits per heavy atom. The molecule has 7 heteroatoms. The van der Waals surface area contributed by atoms with Gasteiger partial charge >= 0.3 is 0 Å². The molecular weight excluding hydrogens is 318 g/mol. The second kappa shape index (κ2) is 7.65. The largest absolute Gasteiger partial charge is 0.490 e. The monoisotopic (exact) mass is 343 g/mol. The van der Waals surface area contributed by atoms with Crippen LogP contribution in [0.2, 0.25) is 0 Å². The first-order valence-corrected chi connectivity index (χ1v) is 8.53. The van der Waals surface area contributed by atoms with Gasteiger partial charge < -0.3 is 9.64 Å². The Kier molecular flexibility index (Phi) is 5.33. The van der Waals surface area contributed by atoms with Crippen LogP contribution in [0, 0.1) is 6.92 Å². The van der Waals surface area contributed by atoms with Crippen LogP contribution >= 0.6 is 0 Å². The van der Waals surface area contributed by atoms with Crippen LogP contribution in [0.15, 0.2) is 30.6 Å². The lowest BCUT2D eigenvalue weighted by Crippen LogP contribution is -2.44. The molecule has 1 aliphatic heterocycles. The fourth-order valence-corrected chi connectivity index (χ4v) is 2.91.